The van der Waals surface area contributed by atoms with Crippen LogP contribution in [0, 0.1) is 17.0 Å². The summed E-state index contributed by atoms with van der Waals surface area (Å²) in [6, 6.07) is 8.08. The quantitative estimate of drug-likeness (QED) is 0.617. The van der Waals surface area contributed by atoms with Crippen LogP contribution in [0.25, 0.3) is 0 Å². The highest BCUT2D eigenvalue weighted by molar-refractivity contribution is 5.39. The Bertz CT molecular complexity index is 724. The van der Waals surface area contributed by atoms with E-state index >= 15 is 0 Å². The van der Waals surface area contributed by atoms with Crippen molar-refractivity contribution in [2.45, 2.75) is 19.9 Å². The number of hydrogen-bond donors (Lipinski definition) is 0. The van der Waals surface area contributed by atoms with E-state index in [1.54, 1.807) is 25.1 Å². The summed E-state index contributed by atoms with van der Waals surface area (Å²) in [5.41, 5.74) is 0.943. The summed E-state index contributed by atoms with van der Waals surface area (Å²) in [6.07, 6.45) is 0.345. The number of methoxy groups -OCH3 is 1. The van der Waals surface area contributed by atoms with Gasteiger partial charge in [-0.2, -0.15) is 0 Å². The van der Waals surface area contributed by atoms with Crippen LogP contribution >= 0.6 is 0 Å². The van der Waals surface area contributed by atoms with Crippen LogP contribution in [0.2, 0.25) is 0 Å². The molecular weight excluding hydrogens is 274 g/mol. The van der Waals surface area contributed by atoms with Crippen LogP contribution in [0.1, 0.15) is 11.3 Å². The van der Waals surface area contributed by atoms with Gasteiger partial charge in [-0.05, 0) is 13.3 Å². The molecule has 7 nitrogen and oxygen atoms in total. The van der Waals surface area contributed by atoms with E-state index in [9.17, 15) is 14.9 Å². The van der Waals surface area contributed by atoms with E-state index in [-0.39, 0.29) is 23.8 Å². The Labute approximate surface area is 121 Å². The second kappa shape index (κ2) is 6.17. The molecule has 0 aliphatic carbocycles. The van der Waals surface area contributed by atoms with Gasteiger partial charge in [0.15, 0.2) is 0 Å². The molecule has 0 bridgehead atoms. The predicted molar refractivity (Wildman–Crippen MR) is 76.6 cm³/mol. The summed E-state index contributed by atoms with van der Waals surface area (Å²) in [7, 11) is 1.43. The minimum atomic E-state index is -0.428. The molecule has 110 valence electrons. The van der Waals surface area contributed by atoms with Crippen LogP contribution in [-0.4, -0.2) is 21.6 Å². The number of hydrogen-bond acceptors (Lipinski definition) is 5. The predicted octanol–water partition coefficient (Wildman–Crippen LogP) is 1.71. The molecule has 0 radical (unpaired) electrons. The molecule has 21 heavy (non-hydrogen) atoms. The van der Waals surface area contributed by atoms with Crippen molar-refractivity contribution in [2.24, 2.45) is 0 Å². The zero-order chi connectivity index (χ0) is 15.4. The minimum Gasteiger partial charge on any atom is -0.468 e. The Kier molecular flexibility index (Phi) is 4.32. The van der Waals surface area contributed by atoms with Crippen LogP contribution in [0.15, 0.2) is 35.1 Å². The summed E-state index contributed by atoms with van der Waals surface area (Å²) >= 11 is 0. The topological polar surface area (TPSA) is 87.3 Å². The molecular formula is C14H15N3O4. The summed E-state index contributed by atoms with van der Waals surface area (Å²) in [6.45, 7) is 1.97. The first-order valence-corrected chi connectivity index (χ1v) is 6.37. The van der Waals surface area contributed by atoms with Crippen LogP contribution < -0.4 is 10.3 Å². The fourth-order valence-electron chi connectivity index (χ4n) is 2.09. The maximum atomic E-state index is 12.0. The molecule has 0 saturated heterocycles. The maximum Gasteiger partial charge on any atom is 0.299 e. The molecule has 0 N–H and O–H groups in total. The molecule has 0 atom stereocenters. The van der Waals surface area contributed by atoms with Gasteiger partial charge in [0.2, 0.25) is 0 Å². The van der Waals surface area contributed by atoms with E-state index < -0.39 is 4.92 Å². The fraction of sp³-hybridized carbons (Fsp3) is 0.286. The van der Waals surface area contributed by atoms with Gasteiger partial charge in [-0.3, -0.25) is 19.5 Å². The summed E-state index contributed by atoms with van der Waals surface area (Å²) in [5, 5.41) is 11.0. The van der Waals surface area contributed by atoms with Crippen molar-refractivity contribution < 1.29 is 9.66 Å². The van der Waals surface area contributed by atoms with Gasteiger partial charge in [0.25, 0.3) is 17.3 Å². The van der Waals surface area contributed by atoms with Crippen molar-refractivity contribution >= 4 is 5.69 Å². The highest BCUT2D eigenvalue weighted by Crippen LogP contribution is 2.19. The number of ether oxygens (including phenoxy) is 1. The molecule has 0 fully saturated rings. The van der Waals surface area contributed by atoms with Crippen LogP contribution in [0.3, 0.4) is 0 Å². The Morgan fingerprint density at radius 1 is 1.38 bits per heavy atom. The average molecular weight is 289 g/mol. The van der Waals surface area contributed by atoms with Crippen LogP contribution in [0.5, 0.6) is 6.01 Å². The fourth-order valence-corrected chi connectivity index (χ4v) is 2.09. The Morgan fingerprint density at radius 2 is 2.10 bits per heavy atom. The highest BCUT2D eigenvalue weighted by Gasteiger charge is 2.14. The largest absolute Gasteiger partial charge is 0.468 e. The number of benzene rings is 1. The number of nitro benzene ring substituents is 1. The Morgan fingerprint density at radius 3 is 2.76 bits per heavy atom. The second-order valence-corrected chi connectivity index (χ2v) is 4.51. The van der Waals surface area contributed by atoms with E-state index in [2.05, 4.69) is 4.98 Å². The molecule has 2 aromatic rings. The number of nitrogens with zero attached hydrogens (tertiary/aromatic N) is 3. The van der Waals surface area contributed by atoms with Crippen molar-refractivity contribution in [1.82, 2.24) is 9.55 Å². The molecule has 0 aliphatic heterocycles. The normalized spacial score (nSPS) is 10.4. The van der Waals surface area contributed by atoms with Gasteiger partial charge in [-0.1, -0.05) is 18.2 Å². The number of nitro groups is 1. The smallest absolute Gasteiger partial charge is 0.299 e. The van der Waals surface area contributed by atoms with Gasteiger partial charge >= 0.3 is 0 Å². The standard InChI is InChI=1S/C14H15N3O4/c1-10-9-13(18)16(14(15-10)21-2)8-7-11-5-3-4-6-12(11)17(19)20/h3-6,9H,7-8H2,1-2H3. The van der Waals surface area contributed by atoms with Crippen molar-refractivity contribution in [3.05, 3.63) is 62.1 Å². The van der Waals surface area contributed by atoms with Crippen molar-refractivity contribution in [3.8, 4) is 6.01 Å². The van der Waals surface area contributed by atoms with Gasteiger partial charge in [-0.25, -0.2) is 4.98 Å². The van der Waals surface area contributed by atoms with E-state index in [4.69, 9.17) is 4.74 Å². The molecule has 0 unspecified atom stereocenters. The van der Waals surface area contributed by atoms with Crippen molar-refractivity contribution in [1.29, 1.82) is 0 Å². The first-order valence-electron chi connectivity index (χ1n) is 6.37. The lowest BCUT2D eigenvalue weighted by Crippen LogP contribution is -2.23. The first kappa shape index (κ1) is 14.7. The molecule has 0 spiro atoms. The van der Waals surface area contributed by atoms with Gasteiger partial charge < -0.3 is 4.74 Å². The lowest BCUT2D eigenvalue weighted by atomic mass is 10.1. The minimum absolute atomic E-state index is 0.0459. The third kappa shape index (κ3) is 3.25. The van der Waals surface area contributed by atoms with E-state index in [0.717, 1.165) is 0 Å². The molecule has 0 aliphatic rings. The number of aryl methyl sites for hydroxylation is 2. The van der Waals surface area contributed by atoms with Gasteiger partial charge in [0.1, 0.15) is 0 Å². The maximum absolute atomic E-state index is 12.0. The Hall–Kier alpha value is -2.70. The third-order valence-electron chi connectivity index (χ3n) is 3.08. The number of para-hydroxylation sites is 1. The molecule has 0 saturated carbocycles. The molecule has 1 aromatic heterocycles. The Balaban J connectivity index is 2.29. The SMILES string of the molecule is COc1nc(C)cc(=O)n1CCc1ccccc1[N+](=O)[O-]. The molecule has 1 aromatic carbocycles. The highest BCUT2D eigenvalue weighted by atomic mass is 16.6. The lowest BCUT2D eigenvalue weighted by molar-refractivity contribution is -0.385. The van der Waals surface area contributed by atoms with Crippen molar-refractivity contribution in [2.75, 3.05) is 7.11 Å². The summed E-state index contributed by atoms with van der Waals surface area (Å²) in [4.78, 5) is 26.6. The zero-order valence-electron chi connectivity index (χ0n) is 11.8. The third-order valence-corrected chi connectivity index (χ3v) is 3.08. The first-order chi connectivity index (χ1) is 10.0. The summed E-state index contributed by atoms with van der Waals surface area (Å²) < 4.78 is 6.46. The van der Waals surface area contributed by atoms with Crippen LogP contribution in [-0.2, 0) is 13.0 Å². The van der Waals surface area contributed by atoms with Gasteiger partial charge in [0, 0.05) is 29.9 Å². The lowest BCUT2D eigenvalue weighted by Gasteiger charge is -2.11. The van der Waals surface area contributed by atoms with E-state index in [1.165, 1.54) is 23.8 Å². The molecule has 7 heteroatoms. The van der Waals surface area contributed by atoms with E-state index in [1.807, 2.05) is 0 Å². The molecule has 0 amide bonds. The summed E-state index contributed by atoms with van der Waals surface area (Å²) in [5.74, 6) is 0. The number of aromatic nitrogens is 2. The van der Waals surface area contributed by atoms with Gasteiger partial charge in [0.05, 0.1) is 12.0 Å². The monoisotopic (exact) mass is 289 g/mol. The zero-order valence-corrected chi connectivity index (χ0v) is 11.8. The molecule has 1 heterocycles. The van der Waals surface area contributed by atoms with E-state index in [0.29, 0.717) is 17.7 Å². The van der Waals surface area contributed by atoms with Crippen LogP contribution in [0.4, 0.5) is 5.69 Å². The molecule has 2 rings (SSSR count). The number of rotatable bonds is 5. The van der Waals surface area contributed by atoms with Gasteiger partial charge in [-0.15, -0.1) is 0 Å². The second-order valence-electron chi connectivity index (χ2n) is 4.51. The van der Waals surface area contributed by atoms with Crippen molar-refractivity contribution in [3.63, 3.8) is 0 Å². The average Bonchev–Trinajstić information content (AvgIpc) is 2.45.